The summed E-state index contributed by atoms with van der Waals surface area (Å²) in [6.45, 7) is 10.5. The van der Waals surface area contributed by atoms with Crippen molar-refractivity contribution in [1.82, 2.24) is 30.0 Å². The summed E-state index contributed by atoms with van der Waals surface area (Å²) in [6.07, 6.45) is 5.43. The molecule has 1 aliphatic carbocycles. The molecular formula is C23H36N6O2. The summed E-state index contributed by atoms with van der Waals surface area (Å²) >= 11 is 0. The van der Waals surface area contributed by atoms with E-state index in [0.29, 0.717) is 0 Å². The Morgan fingerprint density at radius 3 is 2.32 bits per heavy atom. The van der Waals surface area contributed by atoms with Crippen molar-refractivity contribution in [1.29, 1.82) is 0 Å². The summed E-state index contributed by atoms with van der Waals surface area (Å²) in [4.78, 5) is 5.17. The molecule has 1 saturated carbocycles. The molecule has 1 aromatic heterocycles. The fourth-order valence-electron chi connectivity index (χ4n) is 5.02. The predicted molar refractivity (Wildman–Crippen MR) is 120 cm³/mol. The third kappa shape index (κ3) is 4.55. The van der Waals surface area contributed by atoms with Gasteiger partial charge in [-0.15, -0.1) is 5.10 Å². The summed E-state index contributed by atoms with van der Waals surface area (Å²) < 4.78 is 13.3. The summed E-state index contributed by atoms with van der Waals surface area (Å²) in [7, 11) is 3.41. The van der Waals surface area contributed by atoms with Crippen molar-refractivity contribution < 1.29 is 9.47 Å². The lowest BCUT2D eigenvalue weighted by molar-refractivity contribution is 0.0748. The molecule has 2 heterocycles. The largest absolute Gasteiger partial charge is 0.497 e. The van der Waals surface area contributed by atoms with E-state index in [4.69, 9.17) is 9.47 Å². The molecular weight excluding hydrogens is 392 g/mol. The minimum Gasteiger partial charge on any atom is -0.497 e. The third-order valence-electron chi connectivity index (χ3n) is 6.66. The van der Waals surface area contributed by atoms with Crippen LogP contribution in [0.1, 0.15) is 63.9 Å². The Balaban J connectivity index is 1.70. The fraction of sp³-hybridized carbons (Fsp3) is 0.696. The molecule has 31 heavy (non-hydrogen) atoms. The molecule has 1 aromatic carbocycles. The van der Waals surface area contributed by atoms with Gasteiger partial charge in [0.1, 0.15) is 17.5 Å². The molecule has 1 atom stereocenters. The van der Waals surface area contributed by atoms with Crippen LogP contribution in [0, 0.1) is 0 Å². The average molecular weight is 429 g/mol. The van der Waals surface area contributed by atoms with Gasteiger partial charge in [-0.3, -0.25) is 9.80 Å². The monoisotopic (exact) mass is 428 g/mol. The molecule has 2 fully saturated rings. The number of hydrogen-bond donors (Lipinski definition) is 0. The van der Waals surface area contributed by atoms with Crippen molar-refractivity contribution >= 4 is 0 Å². The first-order valence-corrected chi connectivity index (χ1v) is 11.4. The molecule has 0 amide bonds. The first kappa shape index (κ1) is 22.0. The summed E-state index contributed by atoms with van der Waals surface area (Å²) in [5, 5.41) is 12.9. The molecule has 0 bridgehead atoms. The Hall–Kier alpha value is -2.19. The third-order valence-corrected chi connectivity index (χ3v) is 6.66. The highest BCUT2D eigenvalue weighted by Crippen LogP contribution is 2.38. The molecule has 4 rings (SSSR count). The van der Waals surface area contributed by atoms with Crippen LogP contribution < -0.4 is 9.47 Å². The van der Waals surface area contributed by atoms with Crippen molar-refractivity contribution in [3.05, 3.63) is 29.6 Å². The predicted octanol–water partition coefficient (Wildman–Crippen LogP) is 3.09. The minimum absolute atomic E-state index is 0.106. The van der Waals surface area contributed by atoms with E-state index in [1.54, 1.807) is 14.2 Å². The molecule has 1 saturated heterocycles. The van der Waals surface area contributed by atoms with Gasteiger partial charge in [-0.2, -0.15) is 0 Å². The molecule has 0 N–H and O–H groups in total. The lowest BCUT2D eigenvalue weighted by Gasteiger charge is -2.41. The number of rotatable bonds is 6. The number of nitrogens with zero attached hydrogens (tertiary/aromatic N) is 6. The number of methoxy groups -OCH3 is 2. The standard InChI is InChI=1S/C23H36N6O2/c1-23(2,3)29-22(24-25-26-29)21(19-16-18(30-4)10-11-20(19)31-5)28-14-12-27(13-15-28)17-8-6-7-9-17/h10-11,16-17,21H,6-9,12-15H2,1-5H3. The van der Waals surface area contributed by atoms with Gasteiger partial charge in [0.2, 0.25) is 0 Å². The second-order valence-corrected chi connectivity index (χ2v) is 9.64. The summed E-state index contributed by atoms with van der Waals surface area (Å²) in [5.41, 5.74) is 0.811. The number of piperazine rings is 1. The average Bonchev–Trinajstić information content (AvgIpc) is 3.47. The number of tetrazole rings is 1. The van der Waals surface area contributed by atoms with Gasteiger partial charge in [-0.05, 0) is 62.2 Å². The highest BCUT2D eigenvalue weighted by atomic mass is 16.5. The van der Waals surface area contributed by atoms with Crippen LogP contribution in [0.15, 0.2) is 18.2 Å². The van der Waals surface area contributed by atoms with Gasteiger partial charge < -0.3 is 9.47 Å². The highest BCUT2D eigenvalue weighted by Gasteiger charge is 2.36. The van der Waals surface area contributed by atoms with Crippen LogP contribution in [-0.4, -0.2) is 76.4 Å². The first-order valence-electron chi connectivity index (χ1n) is 11.4. The topological polar surface area (TPSA) is 68.5 Å². The molecule has 0 radical (unpaired) electrons. The van der Waals surface area contributed by atoms with E-state index >= 15 is 0 Å². The number of benzene rings is 1. The molecule has 1 aliphatic heterocycles. The van der Waals surface area contributed by atoms with E-state index in [1.807, 2.05) is 16.8 Å². The van der Waals surface area contributed by atoms with Gasteiger partial charge in [0.15, 0.2) is 5.82 Å². The van der Waals surface area contributed by atoms with Crippen LogP contribution in [0.4, 0.5) is 0 Å². The van der Waals surface area contributed by atoms with Crippen LogP contribution in [0.2, 0.25) is 0 Å². The van der Waals surface area contributed by atoms with Crippen molar-refractivity contribution in [3.8, 4) is 11.5 Å². The maximum atomic E-state index is 5.77. The molecule has 1 unspecified atom stereocenters. The molecule has 8 heteroatoms. The Labute approximate surface area is 185 Å². The van der Waals surface area contributed by atoms with Gasteiger partial charge in [0.05, 0.1) is 19.8 Å². The molecule has 2 aliphatic rings. The van der Waals surface area contributed by atoms with Crippen molar-refractivity contribution in [2.75, 3.05) is 40.4 Å². The smallest absolute Gasteiger partial charge is 0.173 e. The summed E-state index contributed by atoms with van der Waals surface area (Å²) in [6, 6.07) is 6.62. The Morgan fingerprint density at radius 2 is 1.71 bits per heavy atom. The fourth-order valence-corrected chi connectivity index (χ4v) is 5.02. The Bertz CT molecular complexity index is 863. The van der Waals surface area contributed by atoms with Gasteiger partial charge >= 0.3 is 0 Å². The lowest BCUT2D eigenvalue weighted by atomic mass is 9.99. The molecule has 170 valence electrons. The maximum absolute atomic E-state index is 5.77. The van der Waals surface area contributed by atoms with Crippen LogP contribution in [0.3, 0.4) is 0 Å². The SMILES string of the molecule is COc1ccc(OC)c(C(c2nnnn2C(C)(C)C)N2CCN(C3CCCC3)CC2)c1. The van der Waals surface area contributed by atoms with E-state index in [-0.39, 0.29) is 11.6 Å². The van der Waals surface area contributed by atoms with Crippen LogP contribution in [0.25, 0.3) is 0 Å². The molecule has 0 spiro atoms. The quantitative estimate of drug-likeness (QED) is 0.700. The zero-order valence-corrected chi connectivity index (χ0v) is 19.5. The van der Waals surface area contributed by atoms with Gasteiger partial charge in [-0.1, -0.05) is 12.8 Å². The van der Waals surface area contributed by atoms with Gasteiger partial charge in [-0.25, -0.2) is 4.68 Å². The van der Waals surface area contributed by atoms with Crippen molar-refractivity contribution in [3.63, 3.8) is 0 Å². The summed E-state index contributed by atoms with van der Waals surface area (Å²) in [5.74, 6) is 2.47. The van der Waals surface area contributed by atoms with Crippen molar-refractivity contribution in [2.45, 2.75) is 64.1 Å². The van der Waals surface area contributed by atoms with E-state index in [2.05, 4.69) is 52.2 Å². The van der Waals surface area contributed by atoms with E-state index in [9.17, 15) is 0 Å². The number of hydrogen-bond acceptors (Lipinski definition) is 7. The van der Waals surface area contributed by atoms with E-state index in [0.717, 1.165) is 55.1 Å². The van der Waals surface area contributed by atoms with Crippen LogP contribution in [0.5, 0.6) is 11.5 Å². The highest BCUT2D eigenvalue weighted by molar-refractivity contribution is 5.44. The normalized spacial score (nSPS) is 20.2. The second kappa shape index (κ2) is 9.12. The number of ether oxygens (including phenoxy) is 2. The minimum atomic E-state index is -0.227. The van der Waals surface area contributed by atoms with Gasteiger partial charge in [0, 0.05) is 37.8 Å². The lowest BCUT2D eigenvalue weighted by Crippen LogP contribution is -2.51. The zero-order valence-electron chi connectivity index (χ0n) is 19.5. The first-order chi connectivity index (χ1) is 14.9. The Kier molecular flexibility index (Phi) is 6.48. The molecule has 2 aromatic rings. The molecule has 8 nitrogen and oxygen atoms in total. The zero-order chi connectivity index (χ0) is 22.0. The van der Waals surface area contributed by atoms with Gasteiger partial charge in [0.25, 0.3) is 0 Å². The van der Waals surface area contributed by atoms with Crippen molar-refractivity contribution in [2.24, 2.45) is 0 Å². The van der Waals surface area contributed by atoms with E-state index < -0.39 is 0 Å². The van der Waals surface area contributed by atoms with E-state index in [1.165, 1.54) is 25.7 Å². The second-order valence-electron chi connectivity index (χ2n) is 9.64. The Morgan fingerprint density at radius 1 is 1.00 bits per heavy atom. The maximum Gasteiger partial charge on any atom is 0.173 e. The van der Waals surface area contributed by atoms with Crippen LogP contribution in [-0.2, 0) is 5.54 Å². The van der Waals surface area contributed by atoms with Crippen LogP contribution >= 0.6 is 0 Å². The number of aromatic nitrogens is 4.